The third-order valence-corrected chi connectivity index (χ3v) is 4.68. The number of aromatic nitrogens is 2. The van der Waals surface area contributed by atoms with Crippen LogP contribution >= 0.6 is 11.3 Å². The maximum atomic E-state index is 11.7. The maximum absolute atomic E-state index is 11.7. The predicted molar refractivity (Wildman–Crippen MR) is 82.0 cm³/mol. The minimum atomic E-state index is -0.933. The van der Waals surface area contributed by atoms with E-state index >= 15 is 0 Å². The molecule has 0 radical (unpaired) electrons. The highest BCUT2D eigenvalue weighted by Gasteiger charge is 2.34. The molecule has 2 aromatic rings. The van der Waals surface area contributed by atoms with Crippen molar-refractivity contribution in [2.75, 3.05) is 4.90 Å². The van der Waals surface area contributed by atoms with E-state index in [-0.39, 0.29) is 5.56 Å². The Morgan fingerprint density at radius 2 is 2.19 bits per heavy atom. The second-order valence-electron chi connectivity index (χ2n) is 5.35. The molecule has 1 fully saturated rings. The molecule has 0 bridgehead atoms. The van der Waals surface area contributed by atoms with Gasteiger partial charge in [0.15, 0.2) is 5.82 Å². The molecule has 0 aliphatic heterocycles. The summed E-state index contributed by atoms with van der Waals surface area (Å²) in [6.45, 7) is 4.28. The smallest absolute Gasteiger partial charge is 0.339 e. The molecule has 5 nitrogen and oxygen atoms in total. The number of nitrogens with zero attached hydrogens (tertiary/aromatic N) is 3. The highest BCUT2D eigenvalue weighted by Crippen LogP contribution is 2.35. The van der Waals surface area contributed by atoms with E-state index in [1.807, 2.05) is 11.4 Å². The number of thiophene rings is 1. The SMILES string of the molecule is Cc1nnc(N(Cc2cccs2)C2CC2)c(C(=O)O)c1C. The van der Waals surface area contributed by atoms with Gasteiger partial charge >= 0.3 is 5.97 Å². The van der Waals surface area contributed by atoms with Crippen LogP contribution in [0.15, 0.2) is 17.5 Å². The summed E-state index contributed by atoms with van der Waals surface area (Å²) in [5.74, 6) is -0.432. The first kappa shape index (κ1) is 14.0. The maximum Gasteiger partial charge on any atom is 0.339 e. The van der Waals surface area contributed by atoms with Gasteiger partial charge in [0.1, 0.15) is 5.56 Å². The first-order valence-electron chi connectivity index (χ1n) is 6.94. The van der Waals surface area contributed by atoms with E-state index in [0.717, 1.165) is 12.8 Å². The summed E-state index contributed by atoms with van der Waals surface area (Å²) in [6, 6.07) is 4.45. The van der Waals surface area contributed by atoms with Crippen LogP contribution in [0.2, 0.25) is 0 Å². The Morgan fingerprint density at radius 1 is 1.43 bits per heavy atom. The molecule has 0 unspecified atom stereocenters. The van der Waals surface area contributed by atoms with Gasteiger partial charge in [0.05, 0.1) is 12.2 Å². The quantitative estimate of drug-likeness (QED) is 0.919. The number of carboxylic acid groups (broad SMARTS) is 1. The average molecular weight is 303 g/mol. The Kier molecular flexibility index (Phi) is 3.63. The average Bonchev–Trinajstić information content (AvgIpc) is 3.16. The fourth-order valence-corrected chi connectivity index (χ4v) is 3.09. The highest BCUT2D eigenvalue weighted by atomic mass is 32.1. The molecule has 0 saturated heterocycles. The Labute approximate surface area is 127 Å². The summed E-state index contributed by atoms with van der Waals surface area (Å²) in [5, 5.41) is 19.9. The molecule has 0 aromatic carbocycles. The molecule has 2 heterocycles. The van der Waals surface area contributed by atoms with Gasteiger partial charge in [0, 0.05) is 10.9 Å². The molecule has 3 rings (SSSR count). The van der Waals surface area contributed by atoms with E-state index in [1.165, 1.54) is 4.88 Å². The van der Waals surface area contributed by atoms with E-state index in [2.05, 4.69) is 21.2 Å². The third-order valence-electron chi connectivity index (χ3n) is 3.82. The molecular formula is C15H17N3O2S. The lowest BCUT2D eigenvalue weighted by molar-refractivity contribution is 0.0696. The van der Waals surface area contributed by atoms with E-state index < -0.39 is 5.97 Å². The van der Waals surface area contributed by atoms with E-state index in [4.69, 9.17) is 0 Å². The summed E-state index contributed by atoms with van der Waals surface area (Å²) >= 11 is 1.68. The number of aryl methyl sites for hydroxylation is 1. The van der Waals surface area contributed by atoms with Gasteiger partial charge in [0.2, 0.25) is 0 Å². The van der Waals surface area contributed by atoms with Crippen LogP contribution < -0.4 is 4.90 Å². The minimum Gasteiger partial charge on any atom is -0.478 e. The molecule has 0 amide bonds. The number of carboxylic acids is 1. The summed E-state index contributed by atoms with van der Waals surface area (Å²) in [7, 11) is 0. The molecule has 2 aromatic heterocycles. The topological polar surface area (TPSA) is 66.3 Å². The largest absolute Gasteiger partial charge is 0.478 e. The monoisotopic (exact) mass is 303 g/mol. The predicted octanol–water partition coefficient (Wildman–Crippen LogP) is 3.02. The fourth-order valence-electron chi connectivity index (χ4n) is 2.39. The van der Waals surface area contributed by atoms with Crippen molar-refractivity contribution < 1.29 is 9.90 Å². The van der Waals surface area contributed by atoms with E-state index in [0.29, 0.717) is 29.7 Å². The molecule has 0 spiro atoms. The van der Waals surface area contributed by atoms with Crippen molar-refractivity contribution in [1.82, 2.24) is 10.2 Å². The Balaban J connectivity index is 2.03. The molecule has 1 saturated carbocycles. The standard InChI is InChI=1S/C15H17N3O2S/c1-9-10(2)16-17-14(13(9)15(19)20)18(11-5-6-11)8-12-4-3-7-21-12/h3-4,7,11H,5-6,8H2,1-2H3,(H,19,20). The van der Waals surface area contributed by atoms with Gasteiger partial charge in [-0.3, -0.25) is 0 Å². The summed E-state index contributed by atoms with van der Waals surface area (Å²) < 4.78 is 0. The lowest BCUT2D eigenvalue weighted by atomic mass is 10.1. The van der Waals surface area contributed by atoms with Crippen molar-refractivity contribution in [1.29, 1.82) is 0 Å². The van der Waals surface area contributed by atoms with Gasteiger partial charge in [-0.05, 0) is 43.7 Å². The molecule has 1 aliphatic carbocycles. The number of hydrogen-bond donors (Lipinski definition) is 1. The van der Waals surface area contributed by atoms with Crippen molar-refractivity contribution in [2.45, 2.75) is 39.3 Å². The zero-order valence-corrected chi connectivity index (χ0v) is 12.9. The van der Waals surface area contributed by atoms with E-state index in [1.54, 1.807) is 25.2 Å². The Morgan fingerprint density at radius 3 is 2.76 bits per heavy atom. The van der Waals surface area contributed by atoms with Gasteiger partial charge in [-0.25, -0.2) is 4.79 Å². The fraction of sp³-hybridized carbons (Fsp3) is 0.400. The van der Waals surface area contributed by atoms with Crippen LogP contribution in [0, 0.1) is 13.8 Å². The van der Waals surface area contributed by atoms with Crippen molar-refractivity contribution in [3.8, 4) is 0 Å². The Hall–Kier alpha value is -1.95. The van der Waals surface area contributed by atoms with E-state index in [9.17, 15) is 9.90 Å². The number of aromatic carboxylic acids is 1. The Bertz CT molecular complexity index is 666. The minimum absolute atomic E-state index is 0.283. The molecule has 21 heavy (non-hydrogen) atoms. The normalized spacial score (nSPS) is 14.2. The molecule has 0 atom stereocenters. The van der Waals surface area contributed by atoms with Crippen LogP contribution in [0.5, 0.6) is 0 Å². The zero-order valence-electron chi connectivity index (χ0n) is 12.0. The summed E-state index contributed by atoms with van der Waals surface area (Å²) in [5.41, 5.74) is 1.65. The third kappa shape index (κ3) is 2.76. The molecule has 6 heteroatoms. The van der Waals surface area contributed by atoms with Gasteiger partial charge in [-0.2, -0.15) is 5.10 Å². The number of carbonyl (C=O) groups is 1. The second-order valence-corrected chi connectivity index (χ2v) is 6.38. The molecular weight excluding hydrogens is 286 g/mol. The van der Waals surface area contributed by atoms with Crippen molar-refractivity contribution in [2.24, 2.45) is 0 Å². The molecule has 1 aliphatic rings. The van der Waals surface area contributed by atoms with Crippen LogP contribution in [-0.4, -0.2) is 27.3 Å². The summed E-state index contributed by atoms with van der Waals surface area (Å²) in [4.78, 5) is 15.0. The lowest BCUT2D eigenvalue weighted by Gasteiger charge is -2.24. The summed E-state index contributed by atoms with van der Waals surface area (Å²) in [6.07, 6.45) is 2.16. The van der Waals surface area contributed by atoms with Crippen molar-refractivity contribution in [3.63, 3.8) is 0 Å². The van der Waals surface area contributed by atoms with Crippen LogP contribution in [0.25, 0.3) is 0 Å². The lowest BCUT2D eigenvalue weighted by Crippen LogP contribution is -2.28. The first-order chi connectivity index (χ1) is 10.1. The van der Waals surface area contributed by atoms with Crippen LogP contribution in [0.1, 0.15) is 39.3 Å². The van der Waals surface area contributed by atoms with Crippen molar-refractivity contribution >= 4 is 23.1 Å². The molecule has 110 valence electrons. The highest BCUT2D eigenvalue weighted by molar-refractivity contribution is 7.09. The van der Waals surface area contributed by atoms with Gasteiger partial charge in [-0.1, -0.05) is 6.07 Å². The zero-order chi connectivity index (χ0) is 15.0. The van der Waals surface area contributed by atoms with Gasteiger partial charge < -0.3 is 10.0 Å². The second kappa shape index (κ2) is 5.44. The van der Waals surface area contributed by atoms with Crippen LogP contribution in [0.3, 0.4) is 0 Å². The van der Waals surface area contributed by atoms with Crippen LogP contribution in [0.4, 0.5) is 5.82 Å². The van der Waals surface area contributed by atoms with Gasteiger partial charge in [0.25, 0.3) is 0 Å². The van der Waals surface area contributed by atoms with Gasteiger partial charge in [-0.15, -0.1) is 16.4 Å². The number of hydrogen-bond acceptors (Lipinski definition) is 5. The number of rotatable bonds is 5. The molecule has 1 N–H and O–H groups in total. The first-order valence-corrected chi connectivity index (χ1v) is 7.82. The number of anilines is 1. The van der Waals surface area contributed by atoms with Crippen LogP contribution in [-0.2, 0) is 6.54 Å². The van der Waals surface area contributed by atoms with Crippen molar-refractivity contribution in [3.05, 3.63) is 39.2 Å².